The van der Waals surface area contributed by atoms with Crippen LogP contribution in [0.2, 0.25) is 0 Å². The van der Waals surface area contributed by atoms with E-state index in [0.29, 0.717) is 5.75 Å². The van der Waals surface area contributed by atoms with E-state index in [2.05, 4.69) is 11.9 Å². The van der Waals surface area contributed by atoms with Gasteiger partial charge in [0, 0.05) is 12.3 Å². The summed E-state index contributed by atoms with van der Waals surface area (Å²) in [4.78, 5) is 22.0. The molecule has 0 aromatic rings. The van der Waals surface area contributed by atoms with Crippen LogP contribution in [-0.4, -0.2) is 35.0 Å². The normalized spacial score (nSPS) is 10.8. The summed E-state index contributed by atoms with van der Waals surface area (Å²) in [6.07, 6.45) is 1.72. The third-order valence-electron chi connectivity index (χ3n) is 1.78. The number of carboxylic acid groups (broad SMARTS) is 1. The van der Waals surface area contributed by atoms with Gasteiger partial charge in [-0.2, -0.15) is 0 Å². The molecule has 0 fully saturated rings. The van der Waals surface area contributed by atoms with Crippen molar-refractivity contribution in [1.29, 1.82) is 0 Å². The fourth-order valence-corrected chi connectivity index (χ4v) is 1.25. The molecule has 0 aliphatic heterocycles. The van der Waals surface area contributed by atoms with Crippen LogP contribution >= 0.6 is 11.8 Å². The quantitative estimate of drug-likeness (QED) is 0.509. The molecule has 0 aliphatic rings. The summed E-state index contributed by atoms with van der Waals surface area (Å²) in [6, 6.07) is 0. The Balaban J connectivity index is 3.80. The predicted molar refractivity (Wildman–Crippen MR) is 61.9 cm³/mol. The molecule has 0 rings (SSSR count). The number of nitrogens with one attached hydrogen (secondary N) is 1. The summed E-state index contributed by atoms with van der Waals surface area (Å²) >= 11 is 1.44. The maximum absolute atomic E-state index is 11.2. The fourth-order valence-electron chi connectivity index (χ4n) is 0.681. The van der Waals surface area contributed by atoms with Crippen LogP contribution in [0.3, 0.4) is 0 Å². The van der Waals surface area contributed by atoms with Crippen molar-refractivity contribution in [2.45, 2.75) is 13.8 Å². The van der Waals surface area contributed by atoms with Crippen LogP contribution in [0.25, 0.3) is 0 Å². The first-order valence-electron chi connectivity index (χ1n) is 4.59. The molecule has 0 aliphatic carbocycles. The summed E-state index contributed by atoms with van der Waals surface area (Å²) in [7, 11) is 0. The van der Waals surface area contributed by atoms with Gasteiger partial charge >= 0.3 is 5.97 Å². The highest BCUT2D eigenvalue weighted by Crippen LogP contribution is 2.13. The number of aliphatic carboxylic acids is 1. The molecule has 0 aromatic carbocycles. The number of thioether (sulfide) groups is 1. The Morgan fingerprint density at radius 2 is 2.13 bits per heavy atom. The minimum atomic E-state index is -0.918. The molecule has 2 N–H and O–H groups in total. The molecule has 0 spiro atoms. The lowest BCUT2D eigenvalue weighted by Gasteiger charge is -2.19. The van der Waals surface area contributed by atoms with Gasteiger partial charge in [-0.15, -0.1) is 18.3 Å². The molecule has 0 atom stereocenters. The molecule has 0 saturated carbocycles. The molecule has 1 amide bonds. The Kier molecular flexibility index (Phi) is 6.08. The van der Waals surface area contributed by atoms with Crippen molar-refractivity contribution < 1.29 is 14.7 Å². The van der Waals surface area contributed by atoms with E-state index in [-0.39, 0.29) is 12.5 Å². The number of hydrogen-bond donors (Lipinski definition) is 2. The van der Waals surface area contributed by atoms with Crippen molar-refractivity contribution in [2.24, 2.45) is 5.41 Å². The highest BCUT2D eigenvalue weighted by molar-refractivity contribution is 8.00. The molecule has 0 heterocycles. The van der Waals surface area contributed by atoms with Gasteiger partial charge in [0.15, 0.2) is 0 Å². The lowest BCUT2D eigenvalue weighted by molar-refractivity contribution is -0.146. The Bertz CT molecular complexity index is 251. The van der Waals surface area contributed by atoms with Gasteiger partial charge < -0.3 is 10.4 Å². The number of amides is 1. The van der Waals surface area contributed by atoms with Crippen LogP contribution in [0.1, 0.15) is 13.8 Å². The second-order valence-electron chi connectivity index (χ2n) is 3.77. The van der Waals surface area contributed by atoms with Gasteiger partial charge in [0.05, 0.1) is 11.2 Å². The molecule has 15 heavy (non-hydrogen) atoms. The predicted octanol–water partition coefficient (Wildman–Crippen LogP) is 1.13. The van der Waals surface area contributed by atoms with Crippen molar-refractivity contribution in [3.05, 3.63) is 12.7 Å². The van der Waals surface area contributed by atoms with Gasteiger partial charge in [0.2, 0.25) is 5.91 Å². The molecule has 0 bridgehead atoms. The zero-order chi connectivity index (χ0) is 11.9. The van der Waals surface area contributed by atoms with Crippen LogP contribution in [0.15, 0.2) is 12.7 Å². The van der Waals surface area contributed by atoms with Crippen LogP contribution < -0.4 is 5.32 Å². The topological polar surface area (TPSA) is 66.4 Å². The molecule has 0 radical (unpaired) electrons. The Morgan fingerprint density at radius 3 is 2.60 bits per heavy atom. The Hall–Kier alpha value is -0.970. The highest BCUT2D eigenvalue weighted by Gasteiger charge is 2.27. The fraction of sp³-hybridized carbons (Fsp3) is 0.600. The third kappa shape index (κ3) is 6.17. The number of hydrogen-bond acceptors (Lipinski definition) is 3. The van der Waals surface area contributed by atoms with E-state index < -0.39 is 11.4 Å². The average Bonchev–Trinajstić information content (AvgIpc) is 2.15. The van der Waals surface area contributed by atoms with Crippen LogP contribution in [0.4, 0.5) is 0 Å². The lowest BCUT2D eigenvalue weighted by Crippen LogP contribution is -2.39. The summed E-state index contributed by atoms with van der Waals surface area (Å²) in [6.45, 7) is 6.84. The summed E-state index contributed by atoms with van der Waals surface area (Å²) in [5.74, 6) is -0.00463. The first kappa shape index (κ1) is 14.0. The minimum Gasteiger partial charge on any atom is -0.481 e. The van der Waals surface area contributed by atoms with Crippen molar-refractivity contribution in [3.63, 3.8) is 0 Å². The number of rotatable bonds is 7. The standard InChI is InChI=1S/C10H17NO3S/c1-4-5-15-6-8(12)11-7-10(2,3)9(13)14/h4H,1,5-7H2,2-3H3,(H,11,12)(H,13,14). The second kappa shape index (κ2) is 6.50. The summed E-state index contributed by atoms with van der Waals surface area (Å²) in [5.41, 5.74) is -0.918. The highest BCUT2D eigenvalue weighted by atomic mass is 32.2. The van der Waals surface area contributed by atoms with E-state index in [9.17, 15) is 9.59 Å². The minimum absolute atomic E-state index is 0.142. The third-order valence-corrected chi connectivity index (χ3v) is 2.71. The van der Waals surface area contributed by atoms with E-state index in [1.54, 1.807) is 19.9 Å². The largest absolute Gasteiger partial charge is 0.481 e. The van der Waals surface area contributed by atoms with Crippen molar-refractivity contribution in [2.75, 3.05) is 18.1 Å². The number of carboxylic acids is 1. The van der Waals surface area contributed by atoms with Gasteiger partial charge in [0.25, 0.3) is 0 Å². The van der Waals surface area contributed by atoms with Gasteiger partial charge in [-0.1, -0.05) is 6.08 Å². The first-order valence-corrected chi connectivity index (χ1v) is 5.74. The average molecular weight is 231 g/mol. The van der Waals surface area contributed by atoms with Crippen molar-refractivity contribution in [3.8, 4) is 0 Å². The Labute approximate surface area is 94.1 Å². The van der Waals surface area contributed by atoms with Gasteiger partial charge in [0.1, 0.15) is 0 Å². The molecule has 86 valence electrons. The van der Waals surface area contributed by atoms with E-state index in [4.69, 9.17) is 5.11 Å². The van der Waals surface area contributed by atoms with E-state index >= 15 is 0 Å². The van der Waals surface area contributed by atoms with Crippen LogP contribution in [0, 0.1) is 5.41 Å². The molecule has 0 aromatic heterocycles. The van der Waals surface area contributed by atoms with Crippen LogP contribution in [-0.2, 0) is 9.59 Å². The SMILES string of the molecule is C=CCSCC(=O)NCC(C)(C)C(=O)O. The van der Waals surface area contributed by atoms with E-state index in [0.717, 1.165) is 5.75 Å². The van der Waals surface area contributed by atoms with Gasteiger partial charge in [-0.3, -0.25) is 9.59 Å². The van der Waals surface area contributed by atoms with Gasteiger partial charge in [-0.25, -0.2) is 0 Å². The summed E-state index contributed by atoms with van der Waals surface area (Å²) in [5, 5.41) is 11.4. The summed E-state index contributed by atoms with van der Waals surface area (Å²) < 4.78 is 0. The number of carbonyl (C=O) groups is 2. The molecular formula is C10H17NO3S. The first-order chi connectivity index (χ1) is 6.90. The number of carbonyl (C=O) groups excluding carboxylic acids is 1. The zero-order valence-electron chi connectivity index (χ0n) is 9.08. The maximum Gasteiger partial charge on any atom is 0.310 e. The molecule has 0 unspecified atom stereocenters. The van der Waals surface area contributed by atoms with Gasteiger partial charge in [-0.05, 0) is 13.8 Å². The molecule has 4 nitrogen and oxygen atoms in total. The molecule has 0 saturated heterocycles. The molecule has 5 heteroatoms. The second-order valence-corrected chi connectivity index (χ2v) is 4.80. The molecular weight excluding hydrogens is 214 g/mol. The van der Waals surface area contributed by atoms with E-state index in [1.165, 1.54) is 11.8 Å². The zero-order valence-corrected chi connectivity index (χ0v) is 9.89. The van der Waals surface area contributed by atoms with E-state index in [1.807, 2.05) is 0 Å². The smallest absolute Gasteiger partial charge is 0.310 e. The Morgan fingerprint density at radius 1 is 1.53 bits per heavy atom. The lowest BCUT2D eigenvalue weighted by atomic mass is 9.94. The maximum atomic E-state index is 11.2. The van der Waals surface area contributed by atoms with Crippen molar-refractivity contribution in [1.82, 2.24) is 5.32 Å². The van der Waals surface area contributed by atoms with Crippen LogP contribution in [0.5, 0.6) is 0 Å². The monoisotopic (exact) mass is 231 g/mol. The van der Waals surface area contributed by atoms with Crippen molar-refractivity contribution >= 4 is 23.6 Å².